The third-order valence-electron chi connectivity index (χ3n) is 8.06. The van der Waals surface area contributed by atoms with E-state index in [0.29, 0.717) is 0 Å². The fourth-order valence-electron chi connectivity index (χ4n) is 5.86. The highest BCUT2D eigenvalue weighted by Gasteiger charge is 2.22. The second-order valence-electron chi connectivity index (χ2n) is 12.5. The van der Waals surface area contributed by atoms with E-state index in [9.17, 15) is 0 Å². The van der Waals surface area contributed by atoms with Crippen LogP contribution in [0.3, 0.4) is 0 Å². The molecule has 0 heterocycles. The van der Waals surface area contributed by atoms with E-state index in [2.05, 4.69) is 48.7 Å². The fraction of sp³-hybridized carbons (Fsp3) is 1.00. The minimum atomic E-state index is 0.916. The van der Waals surface area contributed by atoms with Gasteiger partial charge in [0, 0.05) is 5.92 Å². The van der Waals surface area contributed by atoms with Crippen molar-refractivity contribution in [2.24, 2.45) is 17.8 Å². The Morgan fingerprint density at radius 2 is 0.939 bits per heavy atom. The predicted molar refractivity (Wildman–Crippen MR) is 153 cm³/mol. The van der Waals surface area contributed by atoms with Crippen LogP contribution in [0.4, 0.5) is 0 Å². The van der Waals surface area contributed by atoms with Gasteiger partial charge in [-0.25, -0.2) is 0 Å². The molecule has 0 aromatic heterocycles. The van der Waals surface area contributed by atoms with Crippen LogP contribution in [0.15, 0.2) is 0 Å². The molecule has 200 valence electrons. The molecule has 0 fully saturated rings. The van der Waals surface area contributed by atoms with Crippen LogP contribution < -0.4 is 0 Å². The van der Waals surface area contributed by atoms with Crippen molar-refractivity contribution in [2.45, 2.75) is 163 Å². The molecule has 0 N–H and O–H groups in total. The van der Waals surface area contributed by atoms with Crippen LogP contribution in [-0.4, -0.2) is 31.7 Å². The Labute approximate surface area is 212 Å². The summed E-state index contributed by atoms with van der Waals surface area (Å²) < 4.78 is 1.25. The highest BCUT2D eigenvalue weighted by atomic mass is 15.3. The number of quaternary nitrogens is 1. The Balaban J connectivity index is 4.23. The number of hydrogen-bond acceptors (Lipinski definition) is 0. The van der Waals surface area contributed by atoms with E-state index in [1.165, 1.54) is 146 Å². The summed E-state index contributed by atoms with van der Waals surface area (Å²) in [6, 6.07) is 0. The van der Waals surface area contributed by atoms with Gasteiger partial charge in [0.15, 0.2) is 0 Å². The maximum atomic E-state index is 2.51. The lowest BCUT2D eigenvalue weighted by molar-refractivity contribution is -0.894. The molecule has 0 radical (unpaired) electrons. The maximum Gasteiger partial charge on any atom is 0.0811 e. The highest BCUT2D eigenvalue weighted by molar-refractivity contribution is 4.64. The van der Waals surface area contributed by atoms with E-state index >= 15 is 0 Å². The lowest BCUT2D eigenvalue weighted by atomic mass is 9.89. The Morgan fingerprint density at radius 3 is 1.48 bits per heavy atom. The molecule has 1 heteroatoms. The average molecular weight is 467 g/mol. The zero-order valence-electron chi connectivity index (χ0n) is 24.7. The van der Waals surface area contributed by atoms with Gasteiger partial charge >= 0.3 is 0 Å². The summed E-state index contributed by atoms with van der Waals surface area (Å²) in [5.74, 6) is 2.78. The molecular formula is C32H68N+. The molecule has 0 aliphatic rings. The molecule has 1 nitrogen and oxygen atoms in total. The Bertz CT molecular complexity index is 388. The molecule has 0 aromatic carbocycles. The van der Waals surface area contributed by atoms with Crippen molar-refractivity contribution in [3.05, 3.63) is 0 Å². The van der Waals surface area contributed by atoms with Crippen molar-refractivity contribution >= 4 is 0 Å². The monoisotopic (exact) mass is 467 g/mol. The first kappa shape index (κ1) is 33.0. The van der Waals surface area contributed by atoms with E-state index in [-0.39, 0.29) is 0 Å². The van der Waals surface area contributed by atoms with Gasteiger partial charge in [0.2, 0.25) is 0 Å². The quantitative estimate of drug-likeness (QED) is 0.0926. The van der Waals surface area contributed by atoms with Crippen molar-refractivity contribution in [3.8, 4) is 0 Å². The summed E-state index contributed by atoms with van der Waals surface area (Å²) >= 11 is 0. The van der Waals surface area contributed by atoms with Crippen molar-refractivity contribution < 1.29 is 4.48 Å². The fourth-order valence-corrected chi connectivity index (χ4v) is 5.86. The van der Waals surface area contributed by atoms with Gasteiger partial charge in [-0.1, -0.05) is 137 Å². The summed E-state index contributed by atoms with van der Waals surface area (Å²) in [7, 11) is 5.03. The number of rotatable bonds is 25. The molecule has 0 saturated heterocycles. The van der Waals surface area contributed by atoms with Gasteiger partial charge in [-0.3, -0.25) is 0 Å². The van der Waals surface area contributed by atoms with E-state index in [1.54, 1.807) is 0 Å². The molecule has 0 spiro atoms. The van der Waals surface area contributed by atoms with E-state index in [0.717, 1.165) is 17.8 Å². The molecule has 0 aliphatic carbocycles. The molecule has 33 heavy (non-hydrogen) atoms. The minimum absolute atomic E-state index is 0.916. The molecular weight excluding hydrogens is 398 g/mol. The van der Waals surface area contributed by atoms with E-state index < -0.39 is 0 Å². The molecule has 0 aliphatic heterocycles. The minimum Gasteiger partial charge on any atom is -0.328 e. The molecule has 0 bridgehead atoms. The van der Waals surface area contributed by atoms with Gasteiger partial charge in [0.25, 0.3) is 0 Å². The zero-order valence-corrected chi connectivity index (χ0v) is 24.7. The van der Waals surface area contributed by atoms with Crippen molar-refractivity contribution in [1.29, 1.82) is 0 Å². The maximum absolute atomic E-state index is 2.51. The lowest BCUT2D eigenvalue weighted by Crippen LogP contribution is -2.44. The highest BCUT2D eigenvalue weighted by Crippen LogP contribution is 2.25. The normalized spacial score (nSPS) is 15.0. The largest absolute Gasteiger partial charge is 0.328 e. The molecule has 0 aromatic rings. The standard InChI is InChI=1S/C32H68N/c1-8-11-12-13-14-15-16-17-18-21-28-33(6,7)29-32(27-26-31(5)23-10-3)25-20-19-24-30(4)22-9-2/h30-32H,8-29H2,1-7H3/q+1. The van der Waals surface area contributed by atoms with Gasteiger partial charge in [0.1, 0.15) is 0 Å². The molecule has 0 rings (SSSR count). The van der Waals surface area contributed by atoms with Crippen LogP contribution in [0.1, 0.15) is 163 Å². The first-order chi connectivity index (χ1) is 15.8. The molecule has 3 atom stereocenters. The summed E-state index contributed by atoms with van der Waals surface area (Å²) in [6.45, 7) is 14.7. The van der Waals surface area contributed by atoms with Gasteiger partial charge < -0.3 is 4.48 Å². The first-order valence-electron chi connectivity index (χ1n) is 15.7. The van der Waals surface area contributed by atoms with Gasteiger partial charge in [-0.15, -0.1) is 0 Å². The van der Waals surface area contributed by atoms with Crippen molar-refractivity contribution in [1.82, 2.24) is 0 Å². The van der Waals surface area contributed by atoms with Crippen LogP contribution in [0.2, 0.25) is 0 Å². The van der Waals surface area contributed by atoms with Crippen LogP contribution >= 0.6 is 0 Å². The number of unbranched alkanes of at least 4 members (excludes halogenated alkanes) is 10. The van der Waals surface area contributed by atoms with Gasteiger partial charge in [0.05, 0.1) is 27.2 Å². The summed E-state index contributed by atoms with van der Waals surface area (Å²) in [5.41, 5.74) is 0. The SMILES string of the molecule is CCCCCCCCCCCC[N+](C)(C)CC(CCCCC(C)CCC)CCC(C)CCC. The van der Waals surface area contributed by atoms with Crippen LogP contribution in [-0.2, 0) is 0 Å². The third kappa shape index (κ3) is 22.2. The summed E-state index contributed by atoms with van der Waals surface area (Å²) in [6.07, 6.45) is 28.7. The second kappa shape index (κ2) is 22.4. The summed E-state index contributed by atoms with van der Waals surface area (Å²) in [5, 5.41) is 0. The molecule has 0 saturated carbocycles. The first-order valence-corrected chi connectivity index (χ1v) is 15.7. The Kier molecular flexibility index (Phi) is 22.4. The third-order valence-corrected chi connectivity index (χ3v) is 8.06. The topological polar surface area (TPSA) is 0 Å². The van der Waals surface area contributed by atoms with Gasteiger partial charge in [-0.05, 0) is 37.5 Å². The molecule has 3 unspecified atom stereocenters. The lowest BCUT2D eigenvalue weighted by Gasteiger charge is -2.34. The zero-order chi connectivity index (χ0) is 24.8. The summed E-state index contributed by atoms with van der Waals surface area (Å²) in [4.78, 5) is 0. The van der Waals surface area contributed by atoms with Crippen LogP contribution in [0.25, 0.3) is 0 Å². The Hall–Kier alpha value is -0.0400. The van der Waals surface area contributed by atoms with Crippen LogP contribution in [0.5, 0.6) is 0 Å². The number of nitrogens with zero attached hydrogens (tertiary/aromatic N) is 1. The van der Waals surface area contributed by atoms with Crippen molar-refractivity contribution in [2.75, 3.05) is 27.2 Å². The van der Waals surface area contributed by atoms with Gasteiger partial charge in [-0.2, -0.15) is 0 Å². The predicted octanol–water partition coefficient (Wildman–Crippen LogP) is 10.8. The van der Waals surface area contributed by atoms with E-state index in [4.69, 9.17) is 0 Å². The Morgan fingerprint density at radius 1 is 0.455 bits per heavy atom. The van der Waals surface area contributed by atoms with Crippen LogP contribution in [0, 0.1) is 17.8 Å². The average Bonchev–Trinajstić information content (AvgIpc) is 2.76. The number of hydrogen-bond donors (Lipinski definition) is 0. The van der Waals surface area contributed by atoms with Crippen molar-refractivity contribution in [3.63, 3.8) is 0 Å². The van der Waals surface area contributed by atoms with E-state index in [1.807, 2.05) is 0 Å². The smallest absolute Gasteiger partial charge is 0.0811 e. The molecule has 0 amide bonds. The second-order valence-corrected chi connectivity index (χ2v) is 12.5.